The average molecular weight is 312 g/mol. The van der Waals surface area contributed by atoms with E-state index in [1.54, 1.807) is 0 Å². The molecule has 0 bridgehead atoms. The van der Waals surface area contributed by atoms with E-state index in [1.807, 2.05) is 24.3 Å². The van der Waals surface area contributed by atoms with Crippen molar-refractivity contribution in [1.82, 2.24) is 10.1 Å². The van der Waals surface area contributed by atoms with Gasteiger partial charge in [0.15, 0.2) is 5.82 Å². The van der Waals surface area contributed by atoms with Gasteiger partial charge in [-0.3, -0.25) is 0 Å². The lowest BCUT2D eigenvalue weighted by atomic mass is 9.78. The molecule has 0 unspecified atom stereocenters. The Morgan fingerprint density at radius 2 is 1.78 bits per heavy atom. The Morgan fingerprint density at radius 3 is 2.43 bits per heavy atom. The molecule has 0 atom stereocenters. The first-order valence-electron chi connectivity index (χ1n) is 8.15. The van der Waals surface area contributed by atoms with E-state index in [9.17, 15) is 0 Å². The van der Waals surface area contributed by atoms with Crippen molar-refractivity contribution in [2.75, 3.05) is 0 Å². The summed E-state index contributed by atoms with van der Waals surface area (Å²) in [6, 6.07) is 7.95. The molecule has 120 valence electrons. The Kier molecular flexibility index (Phi) is 3.19. The quantitative estimate of drug-likeness (QED) is 0.816. The molecule has 0 radical (unpaired) electrons. The molecule has 1 aromatic heterocycles. The number of nitrogens with zero attached hydrogens (tertiary/aromatic N) is 2. The minimum Gasteiger partial charge on any atom is -0.399 e. The van der Waals surface area contributed by atoms with Crippen LogP contribution in [0.2, 0.25) is 0 Å². The summed E-state index contributed by atoms with van der Waals surface area (Å²) in [4.78, 5) is 4.51. The molecule has 4 rings (SSSR count). The number of aromatic nitrogens is 2. The minimum absolute atomic E-state index is 0.350. The Labute approximate surface area is 136 Å². The zero-order valence-electron chi connectivity index (χ0n) is 14.0. The van der Waals surface area contributed by atoms with Crippen LogP contribution in [0.25, 0.3) is 11.5 Å². The Balaban J connectivity index is 1.61. The van der Waals surface area contributed by atoms with E-state index < -0.39 is 0 Å². The molecular weight excluding hydrogens is 291 g/mol. The predicted octanol–water partition coefficient (Wildman–Crippen LogP) is 2.91. The normalized spacial score (nSPS) is 22.5. The van der Waals surface area contributed by atoms with Crippen LogP contribution in [0.5, 0.6) is 0 Å². The van der Waals surface area contributed by atoms with E-state index in [1.165, 1.54) is 0 Å². The van der Waals surface area contributed by atoms with Crippen molar-refractivity contribution >= 4 is 12.6 Å². The fourth-order valence-electron chi connectivity index (χ4n) is 2.66. The summed E-state index contributed by atoms with van der Waals surface area (Å²) < 4.78 is 17.6. The molecule has 2 heterocycles. The van der Waals surface area contributed by atoms with Gasteiger partial charge in [0.2, 0.25) is 0 Å². The van der Waals surface area contributed by atoms with Gasteiger partial charge in [-0.25, -0.2) is 0 Å². The molecule has 5 nitrogen and oxygen atoms in total. The molecule has 2 fully saturated rings. The topological polar surface area (TPSA) is 57.4 Å². The molecule has 2 aromatic rings. The van der Waals surface area contributed by atoms with Crippen molar-refractivity contribution in [3.05, 3.63) is 30.1 Å². The second kappa shape index (κ2) is 4.92. The lowest BCUT2D eigenvalue weighted by Gasteiger charge is -2.32. The van der Waals surface area contributed by atoms with Crippen molar-refractivity contribution in [3.8, 4) is 11.5 Å². The molecule has 1 aromatic carbocycles. The summed E-state index contributed by atoms with van der Waals surface area (Å²) in [5, 5.41) is 4.08. The SMILES string of the molecule is CC1(C)OB(c2cccc(-c3nc(C4CC4)no3)c2)OC1(C)C. The summed E-state index contributed by atoms with van der Waals surface area (Å²) in [6.07, 6.45) is 2.32. The van der Waals surface area contributed by atoms with E-state index in [2.05, 4.69) is 37.8 Å². The van der Waals surface area contributed by atoms with E-state index in [0.717, 1.165) is 29.7 Å². The highest BCUT2D eigenvalue weighted by atomic mass is 16.7. The van der Waals surface area contributed by atoms with Crippen LogP contribution in [-0.4, -0.2) is 28.5 Å². The Morgan fingerprint density at radius 1 is 1.09 bits per heavy atom. The van der Waals surface area contributed by atoms with Gasteiger partial charge in [-0.2, -0.15) is 4.98 Å². The first kappa shape index (κ1) is 14.9. The molecule has 1 saturated heterocycles. The zero-order chi connectivity index (χ0) is 16.2. The largest absolute Gasteiger partial charge is 0.494 e. The molecule has 6 heteroatoms. The Bertz CT molecular complexity index is 721. The van der Waals surface area contributed by atoms with Gasteiger partial charge in [-0.1, -0.05) is 17.3 Å². The number of hydrogen-bond acceptors (Lipinski definition) is 5. The monoisotopic (exact) mass is 312 g/mol. The van der Waals surface area contributed by atoms with Crippen LogP contribution in [0.4, 0.5) is 0 Å². The number of hydrogen-bond donors (Lipinski definition) is 0. The smallest absolute Gasteiger partial charge is 0.399 e. The van der Waals surface area contributed by atoms with Crippen LogP contribution in [0, 0.1) is 0 Å². The highest BCUT2D eigenvalue weighted by Crippen LogP contribution is 2.39. The molecule has 23 heavy (non-hydrogen) atoms. The molecular formula is C17H21BN2O3. The third-order valence-corrected chi connectivity index (χ3v) is 5.04. The molecule has 1 aliphatic carbocycles. The second-order valence-electron chi connectivity index (χ2n) is 7.45. The highest BCUT2D eigenvalue weighted by Gasteiger charge is 2.51. The maximum Gasteiger partial charge on any atom is 0.494 e. The van der Waals surface area contributed by atoms with Crippen LogP contribution in [0.15, 0.2) is 28.8 Å². The van der Waals surface area contributed by atoms with E-state index in [-0.39, 0.29) is 18.3 Å². The third-order valence-electron chi connectivity index (χ3n) is 5.04. The highest BCUT2D eigenvalue weighted by molar-refractivity contribution is 6.62. The fourth-order valence-corrected chi connectivity index (χ4v) is 2.66. The minimum atomic E-state index is -0.384. The molecule has 0 amide bonds. The molecule has 0 spiro atoms. The van der Waals surface area contributed by atoms with E-state index >= 15 is 0 Å². The predicted molar refractivity (Wildman–Crippen MR) is 87.4 cm³/mol. The van der Waals surface area contributed by atoms with Crippen molar-refractivity contribution in [2.45, 2.75) is 57.7 Å². The number of rotatable bonds is 3. The summed E-state index contributed by atoms with van der Waals surface area (Å²) in [7, 11) is -0.384. The van der Waals surface area contributed by atoms with Gasteiger partial charge in [-0.05, 0) is 58.1 Å². The third kappa shape index (κ3) is 2.60. The lowest BCUT2D eigenvalue weighted by molar-refractivity contribution is 0.00578. The first-order valence-corrected chi connectivity index (χ1v) is 8.15. The van der Waals surface area contributed by atoms with Gasteiger partial charge >= 0.3 is 7.12 Å². The van der Waals surface area contributed by atoms with Crippen molar-refractivity contribution in [2.24, 2.45) is 0 Å². The van der Waals surface area contributed by atoms with E-state index in [4.69, 9.17) is 13.8 Å². The van der Waals surface area contributed by atoms with Crippen molar-refractivity contribution < 1.29 is 13.8 Å². The van der Waals surface area contributed by atoms with Crippen molar-refractivity contribution in [3.63, 3.8) is 0 Å². The van der Waals surface area contributed by atoms with Gasteiger partial charge in [0, 0.05) is 11.5 Å². The second-order valence-corrected chi connectivity index (χ2v) is 7.45. The first-order chi connectivity index (χ1) is 10.9. The van der Waals surface area contributed by atoms with Gasteiger partial charge in [0.25, 0.3) is 5.89 Å². The Hall–Kier alpha value is -1.66. The van der Waals surface area contributed by atoms with Gasteiger partial charge < -0.3 is 13.8 Å². The maximum absolute atomic E-state index is 6.11. The average Bonchev–Trinajstić information content (AvgIpc) is 3.18. The van der Waals surface area contributed by atoms with Crippen LogP contribution in [0.1, 0.15) is 52.3 Å². The maximum atomic E-state index is 6.11. The summed E-state index contributed by atoms with van der Waals surface area (Å²) >= 11 is 0. The van der Waals surface area contributed by atoms with Gasteiger partial charge in [0.1, 0.15) is 0 Å². The summed E-state index contributed by atoms with van der Waals surface area (Å²) in [5.74, 6) is 1.87. The van der Waals surface area contributed by atoms with Gasteiger partial charge in [0.05, 0.1) is 11.2 Å². The van der Waals surface area contributed by atoms with E-state index in [0.29, 0.717) is 11.8 Å². The zero-order valence-corrected chi connectivity index (χ0v) is 14.0. The molecule has 1 saturated carbocycles. The van der Waals surface area contributed by atoms with Crippen LogP contribution < -0.4 is 5.46 Å². The van der Waals surface area contributed by atoms with Crippen LogP contribution >= 0.6 is 0 Å². The van der Waals surface area contributed by atoms with Gasteiger partial charge in [-0.15, -0.1) is 0 Å². The molecule has 1 aliphatic heterocycles. The molecule has 2 aliphatic rings. The van der Waals surface area contributed by atoms with Crippen LogP contribution in [0.3, 0.4) is 0 Å². The summed E-state index contributed by atoms with van der Waals surface area (Å²) in [5.41, 5.74) is 1.16. The number of benzene rings is 1. The molecule has 0 N–H and O–H groups in total. The summed E-state index contributed by atoms with van der Waals surface area (Å²) in [6.45, 7) is 8.21. The van der Waals surface area contributed by atoms with Crippen molar-refractivity contribution in [1.29, 1.82) is 0 Å². The standard InChI is InChI=1S/C17H21BN2O3/c1-16(2)17(3,4)23-18(22-16)13-7-5-6-12(10-13)15-19-14(20-21-15)11-8-9-11/h5-7,10-11H,8-9H2,1-4H3. The lowest BCUT2D eigenvalue weighted by Crippen LogP contribution is -2.41. The van der Waals surface area contributed by atoms with Crippen LogP contribution in [-0.2, 0) is 9.31 Å². The fraction of sp³-hybridized carbons (Fsp3) is 0.529.